The third-order valence-electron chi connectivity index (χ3n) is 5.84. The molecule has 0 saturated heterocycles. The van der Waals surface area contributed by atoms with Crippen molar-refractivity contribution in [1.82, 2.24) is 0 Å². The molecular weight excluding hydrogens is 416 g/mol. The Morgan fingerprint density at radius 2 is 1.56 bits per heavy atom. The summed E-state index contributed by atoms with van der Waals surface area (Å²) in [6, 6.07) is 2.05. The Morgan fingerprint density at radius 1 is 0.938 bits per heavy atom. The number of thioether (sulfide) groups is 1. The quantitative estimate of drug-likeness (QED) is 0.240. The highest BCUT2D eigenvalue weighted by Crippen LogP contribution is 2.43. The number of ether oxygens (including phenoxy) is 1. The van der Waals surface area contributed by atoms with E-state index in [1.54, 1.807) is 0 Å². The second kappa shape index (κ2) is 13.5. The highest BCUT2D eigenvalue weighted by Gasteiger charge is 2.30. The van der Waals surface area contributed by atoms with Gasteiger partial charge in [0.05, 0.1) is 13.0 Å². The van der Waals surface area contributed by atoms with Gasteiger partial charge >= 0.3 is 5.97 Å². The molecule has 184 valence electrons. The number of esters is 1. The van der Waals surface area contributed by atoms with Crippen molar-refractivity contribution in [3.05, 3.63) is 28.3 Å². The van der Waals surface area contributed by atoms with Crippen LogP contribution >= 0.6 is 11.8 Å². The summed E-state index contributed by atoms with van der Waals surface area (Å²) in [6.07, 6.45) is 9.04. The lowest BCUT2D eigenvalue weighted by Crippen LogP contribution is -2.22. The number of carbonyl (C=O) groups excluding carboxylic acids is 1. The van der Waals surface area contributed by atoms with Gasteiger partial charge in [0.1, 0.15) is 5.75 Å². The van der Waals surface area contributed by atoms with Crippen LogP contribution in [0.1, 0.15) is 116 Å². The van der Waals surface area contributed by atoms with E-state index < -0.39 is 0 Å². The average molecular weight is 465 g/mol. The van der Waals surface area contributed by atoms with E-state index in [4.69, 9.17) is 4.74 Å². The molecule has 0 atom stereocenters. The molecule has 0 aliphatic carbocycles. The molecule has 0 unspecified atom stereocenters. The van der Waals surface area contributed by atoms with Crippen LogP contribution in [0.15, 0.2) is 6.07 Å². The zero-order chi connectivity index (χ0) is 24.4. The van der Waals surface area contributed by atoms with E-state index in [-0.39, 0.29) is 23.2 Å². The zero-order valence-corrected chi connectivity index (χ0v) is 22.8. The number of unbranched alkanes of at least 4 members (excludes halogenated alkanes) is 5. The number of benzene rings is 1. The number of aromatic hydroxyl groups is 1. The first-order valence-corrected chi connectivity index (χ1v) is 13.7. The Kier molecular flexibility index (Phi) is 12.2. The smallest absolute Gasteiger partial charge is 0.310 e. The lowest BCUT2D eigenvalue weighted by atomic mass is 9.75. The van der Waals surface area contributed by atoms with Gasteiger partial charge < -0.3 is 9.84 Å². The zero-order valence-electron chi connectivity index (χ0n) is 22.0. The van der Waals surface area contributed by atoms with Crippen molar-refractivity contribution >= 4 is 17.7 Å². The van der Waals surface area contributed by atoms with E-state index in [2.05, 4.69) is 54.5 Å². The van der Waals surface area contributed by atoms with Crippen LogP contribution in [0.25, 0.3) is 0 Å². The molecule has 1 N–H and O–H groups in total. The number of hydrogen-bond acceptors (Lipinski definition) is 4. The van der Waals surface area contributed by atoms with Crippen molar-refractivity contribution in [3.8, 4) is 5.75 Å². The largest absolute Gasteiger partial charge is 0.507 e. The molecule has 0 fully saturated rings. The number of carbonyl (C=O) groups is 1. The number of phenols is 1. The third kappa shape index (κ3) is 9.37. The summed E-state index contributed by atoms with van der Waals surface area (Å²) in [5.41, 5.74) is 3.62. The van der Waals surface area contributed by atoms with Gasteiger partial charge in [0.15, 0.2) is 0 Å². The van der Waals surface area contributed by atoms with E-state index >= 15 is 0 Å². The van der Waals surface area contributed by atoms with Crippen molar-refractivity contribution < 1.29 is 14.6 Å². The molecule has 1 rings (SSSR count). The van der Waals surface area contributed by atoms with Crippen LogP contribution in [0.5, 0.6) is 5.75 Å². The van der Waals surface area contributed by atoms with Crippen LogP contribution in [0.3, 0.4) is 0 Å². The maximum absolute atomic E-state index is 12.4. The predicted octanol–water partition coefficient (Wildman–Crippen LogP) is 7.73. The second-order valence-electron chi connectivity index (χ2n) is 10.9. The van der Waals surface area contributed by atoms with Gasteiger partial charge in [-0.05, 0) is 58.8 Å². The first kappa shape index (κ1) is 28.9. The second-order valence-corrected chi connectivity index (χ2v) is 12.1. The monoisotopic (exact) mass is 464 g/mol. The van der Waals surface area contributed by atoms with Crippen molar-refractivity contribution in [3.63, 3.8) is 0 Å². The molecule has 0 bridgehead atoms. The van der Waals surface area contributed by atoms with Crippen LogP contribution in [-0.2, 0) is 33.2 Å². The van der Waals surface area contributed by atoms with Gasteiger partial charge in [-0.2, -0.15) is 11.8 Å². The Balaban J connectivity index is 3.09. The first-order valence-electron chi connectivity index (χ1n) is 12.6. The maximum Gasteiger partial charge on any atom is 0.310 e. The molecular formula is C28H48O3S. The molecule has 32 heavy (non-hydrogen) atoms. The lowest BCUT2D eigenvalue weighted by Gasteiger charge is -2.31. The summed E-state index contributed by atoms with van der Waals surface area (Å²) >= 11 is 1.99. The van der Waals surface area contributed by atoms with E-state index in [1.807, 2.05) is 18.7 Å². The Bertz CT molecular complexity index is 711. The van der Waals surface area contributed by atoms with Gasteiger partial charge in [-0.1, -0.05) is 86.6 Å². The van der Waals surface area contributed by atoms with Crippen LogP contribution in [0.4, 0.5) is 0 Å². The topological polar surface area (TPSA) is 46.5 Å². The minimum Gasteiger partial charge on any atom is -0.507 e. The van der Waals surface area contributed by atoms with Crippen LogP contribution in [0, 0.1) is 0 Å². The van der Waals surface area contributed by atoms with Crippen molar-refractivity contribution in [1.29, 1.82) is 0 Å². The molecule has 0 amide bonds. The Morgan fingerprint density at radius 3 is 2.12 bits per heavy atom. The van der Waals surface area contributed by atoms with Gasteiger partial charge in [-0.15, -0.1) is 0 Å². The molecule has 0 heterocycles. The SMILES string of the molecule is CCCCCCCCSCCc1c(CC(=O)OCC)cc(C(C)(C)C)c(O)c1C(C)(C)C. The molecule has 0 aliphatic rings. The highest BCUT2D eigenvalue weighted by molar-refractivity contribution is 7.99. The van der Waals surface area contributed by atoms with Gasteiger partial charge in [0.2, 0.25) is 0 Å². The van der Waals surface area contributed by atoms with Crippen LogP contribution in [0.2, 0.25) is 0 Å². The number of phenolic OH excluding ortho intramolecular Hbond substituents is 1. The Hall–Kier alpha value is -1.16. The summed E-state index contributed by atoms with van der Waals surface area (Å²) in [5.74, 6) is 2.38. The third-order valence-corrected chi connectivity index (χ3v) is 6.91. The lowest BCUT2D eigenvalue weighted by molar-refractivity contribution is -0.142. The van der Waals surface area contributed by atoms with Crippen molar-refractivity contribution in [2.45, 2.75) is 118 Å². The molecule has 3 nitrogen and oxygen atoms in total. The molecule has 0 aromatic heterocycles. The van der Waals surface area contributed by atoms with Gasteiger partial charge in [-0.25, -0.2) is 0 Å². The van der Waals surface area contributed by atoms with Gasteiger partial charge in [0.25, 0.3) is 0 Å². The summed E-state index contributed by atoms with van der Waals surface area (Å²) in [5, 5.41) is 11.3. The summed E-state index contributed by atoms with van der Waals surface area (Å²) in [6.45, 7) is 17.3. The molecule has 0 radical (unpaired) electrons. The van der Waals surface area contributed by atoms with E-state index in [0.717, 1.165) is 34.4 Å². The molecule has 4 heteroatoms. The first-order chi connectivity index (χ1) is 14.9. The van der Waals surface area contributed by atoms with Crippen LogP contribution in [-0.4, -0.2) is 29.2 Å². The van der Waals surface area contributed by atoms with Crippen molar-refractivity contribution in [2.75, 3.05) is 18.1 Å². The minimum absolute atomic E-state index is 0.195. The van der Waals surface area contributed by atoms with E-state index in [0.29, 0.717) is 12.4 Å². The maximum atomic E-state index is 12.4. The minimum atomic E-state index is -0.214. The summed E-state index contributed by atoms with van der Waals surface area (Å²) < 4.78 is 5.27. The fraction of sp³-hybridized carbons (Fsp3) is 0.750. The number of rotatable bonds is 13. The highest BCUT2D eigenvalue weighted by atomic mass is 32.2. The molecule has 0 spiro atoms. The summed E-state index contributed by atoms with van der Waals surface area (Å²) in [4.78, 5) is 12.4. The standard InChI is InChI=1S/C28H48O3S/c1-9-11-12-13-14-15-17-32-18-16-22-21(20-24(29)31-10-2)19-23(27(3,4)5)26(30)25(22)28(6,7)8/h19,30H,9-18,20H2,1-8H3. The summed E-state index contributed by atoms with van der Waals surface area (Å²) in [7, 11) is 0. The normalized spacial score (nSPS) is 12.2. The number of hydrogen-bond donors (Lipinski definition) is 1. The van der Waals surface area contributed by atoms with E-state index in [9.17, 15) is 9.90 Å². The van der Waals surface area contributed by atoms with Gasteiger partial charge in [0, 0.05) is 5.56 Å². The van der Waals surface area contributed by atoms with Gasteiger partial charge in [-0.3, -0.25) is 4.79 Å². The molecule has 0 saturated carbocycles. The Labute approximate surface area is 202 Å². The molecule has 1 aromatic carbocycles. The van der Waals surface area contributed by atoms with Crippen LogP contribution < -0.4 is 0 Å². The fourth-order valence-electron chi connectivity index (χ4n) is 4.22. The molecule has 0 aliphatic heterocycles. The average Bonchev–Trinajstić information content (AvgIpc) is 2.66. The van der Waals surface area contributed by atoms with Crippen molar-refractivity contribution in [2.24, 2.45) is 0 Å². The fourth-order valence-corrected chi connectivity index (χ4v) is 5.18. The van der Waals surface area contributed by atoms with E-state index in [1.165, 1.54) is 44.3 Å². The predicted molar refractivity (Wildman–Crippen MR) is 140 cm³/mol. The molecule has 1 aromatic rings.